The maximum atomic E-state index is 12.3. The molecule has 0 unspecified atom stereocenters. The number of hydrogen-bond acceptors (Lipinski definition) is 7. The van der Waals surface area contributed by atoms with Crippen LogP contribution in [-0.4, -0.2) is 29.9 Å². The lowest BCUT2D eigenvalue weighted by Crippen LogP contribution is -2.09. The van der Waals surface area contributed by atoms with Gasteiger partial charge in [0.15, 0.2) is 11.5 Å². The minimum absolute atomic E-state index is 0.00788. The zero-order chi connectivity index (χ0) is 18.5. The summed E-state index contributed by atoms with van der Waals surface area (Å²) >= 11 is 0. The second-order valence-corrected chi connectivity index (χ2v) is 4.90. The molecule has 0 radical (unpaired) electrons. The summed E-state index contributed by atoms with van der Waals surface area (Å²) < 4.78 is 44.2. The van der Waals surface area contributed by atoms with E-state index in [0.29, 0.717) is 11.5 Å². The molecule has 7 nitrogen and oxygen atoms in total. The third-order valence-electron chi connectivity index (χ3n) is 3.29. The first kappa shape index (κ1) is 17.3. The predicted octanol–water partition coefficient (Wildman–Crippen LogP) is 3.57. The van der Waals surface area contributed by atoms with Crippen LogP contribution in [0.5, 0.6) is 17.2 Å². The lowest BCUT2D eigenvalue weighted by Gasteiger charge is -2.11. The highest BCUT2D eigenvalue weighted by Crippen LogP contribution is 2.30. The fourth-order valence-corrected chi connectivity index (χ4v) is 2.12. The molecule has 0 amide bonds. The van der Waals surface area contributed by atoms with E-state index >= 15 is 0 Å². The topological polar surface area (TPSA) is 83.7 Å². The first-order valence-corrected chi connectivity index (χ1v) is 7.28. The summed E-state index contributed by atoms with van der Waals surface area (Å²) in [7, 11) is 1.28. The van der Waals surface area contributed by atoms with Gasteiger partial charge in [0.25, 0.3) is 0 Å². The van der Waals surface area contributed by atoms with Crippen LogP contribution in [0.3, 0.4) is 0 Å². The highest BCUT2D eigenvalue weighted by molar-refractivity contribution is 5.91. The minimum Gasteiger partial charge on any atom is -0.493 e. The van der Waals surface area contributed by atoms with Crippen LogP contribution in [0.25, 0.3) is 11.5 Å². The van der Waals surface area contributed by atoms with E-state index in [0.717, 1.165) is 0 Å². The summed E-state index contributed by atoms with van der Waals surface area (Å²) in [4.78, 5) is 12.2. The van der Waals surface area contributed by atoms with Gasteiger partial charge in [0, 0.05) is 5.56 Å². The molecule has 134 valence electrons. The molecule has 0 spiro atoms. The second kappa shape index (κ2) is 7.60. The van der Waals surface area contributed by atoms with Gasteiger partial charge in [-0.15, -0.1) is 10.2 Å². The standard InChI is InChI=1S/C17H12F2N2O5/c1-23-14-8-11(4-7-13(14)26-17(18)19)16(22)25-12-5-2-10(3-6-12)15-21-20-9-24-15/h2-9,17H,1H3. The van der Waals surface area contributed by atoms with Crippen LogP contribution in [-0.2, 0) is 0 Å². The van der Waals surface area contributed by atoms with Crippen molar-refractivity contribution >= 4 is 5.97 Å². The number of ether oxygens (including phenoxy) is 3. The molecule has 0 fully saturated rings. The van der Waals surface area contributed by atoms with Crippen LogP contribution in [0.15, 0.2) is 53.3 Å². The van der Waals surface area contributed by atoms with Crippen LogP contribution in [0.2, 0.25) is 0 Å². The Hall–Kier alpha value is -3.49. The molecule has 0 aliphatic rings. The van der Waals surface area contributed by atoms with Crippen molar-refractivity contribution in [2.24, 2.45) is 0 Å². The van der Waals surface area contributed by atoms with Crippen LogP contribution in [0.4, 0.5) is 8.78 Å². The van der Waals surface area contributed by atoms with E-state index in [1.54, 1.807) is 24.3 Å². The Kier molecular flexibility index (Phi) is 5.07. The summed E-state index contributed by atoms with van der Waals surface area (Å²) in [6.07, 6.45) is 1.21. The van der Waals surface area contributed by atoms with Crippen LogP contribution >= 0.6 is 0 Å². The lowest BCUT2D eigenvalue weighted by atomic mass is 10.2. The fourth-order valence-electron chi connectivity index (χ4n) is 2.12. The molecule has 0 bridgehead atoms. The van der Waals surface area contributed by atoms with Gasteiger partial charge >= 0.3 is 12.6 Å². The van der Waals surface area contributed by atoms with Gasteiger partial charge < -0.3 is 18.6 Å². The van der Waals surface area contributed by atoms with Gasteiger partial charge in [-0.3, -0.25) is 0 Å². The number of alkyl halides is 2. The zero-order valence-electron chi connectivity index (χ0n) is 13.4. The molecule has 3 aromatic rings. The Labute approximate surface area is 146 Å². The summed E-state index contributed by atoms with van der Waals surface area (Å²) in [5, 5.41) is 7.35. The summed E-state index contributed by atoms with van der Waals surface area (Å²) in [5.41, 5.74) is 0.780. The minimum atomic E-state index is -3.00. The summed E-state index contributed by atoms with van der Waals surface area (Å²) in [5.74, 6) is -0.251. The highest BCUT2D eigenvalue weighted by atomic mass is 19.3. The van der Waals surface area contributed by atoms with E-state index in [1.165, 1.54) is 31.7 Å². The first-order chi connectivity index (χ1) is 12.6. The SMILES string of the molecule is COc1cc(C(=O)Oc2ccc(-c3nnco3)cc2)ccc1OC(F)F. The predicted molar refractivity (Wildman–Crippen MR) is 84.3 cm³/mol. The molecular weight excluding hydrogens is 350 g/mol. The zero-order valence-corrected chi connectivity index (χ0v) is 13.4. The summed E-state index contributed by atoms with van der Waals surface area (Å²) in [6.45, 7) is -3.00. The van der Waals surface area contributed by atoms with Gasteiger partial charge in [-0.25, -0.2) is 4.79 Å². The van der Waals surface area contributed by atoms with Crippen molar-refractivity contribution in [3.63, 3.8) is 0 Å². The number of carbonyl (C=O) groups is 1. The van der Waals surface area contributed by atoms with Crippen molar-refractivity contribution in [2.75, 3.05) is 7.11 Å². The van der Waals surface area contributed by atoms with Gasteiger partial charge in [0.1, 0.15) is 5.75 Å². The molecule has 0 aliphatic carbocycles. The average Bonchev–Trinajstić information content (AvgIpc) is 3.17. The number of hydrogen-bond donors (Lipinski definition) is 0. The maximum Gasteiger partial charge on any atom is 0.387 e. The molecule has 9 heteroatoms. The maximum absolute atomic E-state index is 12.3. The Balaban J connectivity index is 1.73. The number of methoxy groups -OCH3 is 1. The molecule has 0 saturated heterocycles. The third kappa shape index (κ3) is 3.94. The highest BCUT2D eigenvalue weighted by Gasteiger charge is 2.16. The van der Waals surface area contributed by atoms with E-state index in [9.17, 15) is 13.6 Å². The number of esters is 1. The molecule has 2 aromatic carbocycles. The molecule has 1 aromatic heterocycles. The van der Waals surface area contributed by atoms with Crippen molar-refractivity contribution in [3.05, 3.63) is 54.4 Å². The van der Waals surface area contributed by atoms with Gasteiger partial charge in [-0.1, -0.05) is 0 Å². The van der Waals surface area contributed by atoms with Gasteiger partial charge in [0.05, 0.1) is 12.7 Å². The van der Waals surface area contributed by atoms with E-state index in [-0.39, 0.29) is 22.8 Å². The lowest BCUT2D eigenvalue weighted by molar-refractivity contribution is -0.0512. The molecule has 0 saturated carbocycles. The quantitative estimate of drug-likeness (QED) is 0.490. The Bertz CT molecular complexity index is 883. The Morgan fingerprint density at radius 2 is 1.88 bits per heavy atom. The largest absolute Gasteiger partial charge is 0.493 e. The van der Waals surface area contributed by atoms with Crippen molar-refractivity contribution in [1.82, 2.24) is 10.2 Å². The van der Waals surface area contributed by atoms with Crippen LogP contribution in [0.1, 0.15) is 10.4 Å². The van der Waals surface area contributed by atoms with Crippen molar-refractivity contribution in [3.8, 4) is 28.7 Å². The normalized spacial score (nSPS) is 10.6. The molecular formula is C17H12F2N2O5. The van der Waals surface area contributed by atoms with Crippen LogP contribution in [0, 0.1) is 0 Å². The second-order valence-electron chi connectivity index (χ2n) is 4.90. The van der Waals surface area contributed by atoms with E-state index in [1.807, 2.05) is 0 Å². The molecule has 3 rings (SSSR count). The third-order valence-corrected chi connectivity index (χ3v) is 3.29. The number of aromatic nitrogens is 2. The van der Waals surface area contributed by atoms with E-state index in [2.05, 4.69) is 14.9 Å². The number of benzene rings is 2. The molecule has 1 heterocycles. The number of halogens is 2. The first-order valence-electron chi connectivity index (χ1n) is 7.28. The number of rotatable bonds is 6. The van der Waals surface area contributed by atoms with E-state index in [4.69, 9.17) is 13.9 Å². The van der Waals surface area contributed by atoms with Gasteiger partial charge in [0.2, 0.25) is 12.3 Å². The van der Waals surface area contributed by atoms with Crippen LogP contribution < -0.4 is 14.2 Å². The molecule has 26 heavy (non-hydrogen) atoms. The Morgan fingerprint density at radius 1 is 1.12 bits per heavy atom. The molecule has 0 N–H and O–H groups in total. The van der Waals surface area contributed by atoms with Crippen molar-refractivity contribution in [1.29, 1.82) is 0 Å². The number of carbonyl (C=O) groups excluding carboxylic acids is 1. The molecule has 0 atom stereocenters. The number of nitrogens with zero attached hydrogens (tertiary/aromatic N) is 2. The average molecular weight is 362 g/mol. The molecule has 0 aliphatic heterocycles. The monoisotopic (exact) mass is 362 g/mol. The van der Waals surface area contributed by atoms with E-state index < -0.39 is 12.6 Å². The van der Waals surface area contributed by atoms with Crippen molar-refractivity contribution < 1.29 is 32.2 Å². The Morgan fingerprint density at radius 3 is 2.50 bits per heavy atom. The fraction of sp³-hybridized carbons (Fsp3) is 0.118. The van der Waals surface area contributed by atoms with Gasteiger partial charge in [-0.05, 0) is 42.5 Å². The smallest absolute Gasteiger partial charge is 0.387 e. The van der Waals surface area contributed by atoms with Gasteiger partial charge in [-0.2, -0.15) is 8.78 Å². The van der Waals surface area contributed by atoms with Crippen molar-refractivity contribution in [2.45, 2.75) is 6.61 Å². The summed E-state index contributed by atoms with van der Waals surface area (Å²) in [6, 6.07) is 10.2.